The van der Waals surface area contributed by atoms with Gasteiger partial charge in [-0.15, -0.1) is 0 Å². The molecule has 0 aromatic carbocycles. The topological polar surface area (TPSA) is 262 Å². The molecule has 3 unspecified atom stereocenters. The standard InChI is InChI=1S/C16H26N2O15P2/c1-6-4-18(16(24)17-14(6)23)10-3-8(20)9(30-10)5-29-34(25,26)33-35(27,28)32-15-12(22)11(21)13(31-15)7(2)19/h4,7-13,15,19-22H,3,5H2,1-2H3,(H,25,26)(H,27,28)(H,17,23,24)/p-2/t7?,8-,9+,10+,11+,12+,13-,15-/m0/s1. The monoisotopic (exact) mass is 546 g/mol. The lowest BCUT2D eigenvalue weighted by Crippen LogP contribution is -2.37. The SMILES string of the molecule is Cc1cn([C@H]2C[C@H](O)[C@@H](COP(=O)([O-])OP(=O)([O-])O[C@@H]3O[C@@H](C(C)O)[C@H](O)[C@H]3O)O2)c(=O)[nH]c1=O. The van der Waals surface area contributed by atoms with Crippen molar-refractivity contribution < 1.29 is 62.2 Å². The summed E-state index contributed by atoms with van der Waals surface area (Å²) in [6.45, 7) is 1.70. The normalized spacial score (nSPS) is 35.5. The Labute approximate surface area is 196 Å². The van der Waals surface area contributed by atoms with Gasteiger partial charge in [0.25, 0.3) is 21.2 Å². The summed E-state index contributed by atoms with van der Waals surface area (Å²) in [5, 5.41) is 39.1. The molecular weight excluding hydrogens is 522 g/mol. The van der Waals surface area contributed by atoms with Gasteiger partial charge in [0, 0.05) is 18.2 Å². The molecule has 19 heteroatoms. The number of phosphoric acid groups is 2. The van der Waals surface area contributed by atoms with E-state index in [0.29, 0.717) is 0 Å². The number of hydrogen-bond acceptors (Lipinski definition) is 15. The second kappa shape index (κ2) is 10.6. The van der Waals surface area contributed by atoms with Gasteiger partial charge in [0.1, 0.15) is 30.6 Å². The van der Waals surface area contributed by atoms with E-state index < -0.39 is 82.6 Å². The summed E-state index contributed by atoms with van der Waals surface area (Å²) in [6.07, 6.45) is -11.3. The van der Waals surface area contributed by atoms with Gasteiger partial charge in [0.15, 0.2) is 6.29 Å². The van der Waals surface area contributed by atoms with Crippen molar-refractivity contribution >= 4 is 15.6 Å². The number of aryl methyl sites for hydroxylation is 1. The van der Waals surface area contributed by atoms with E-state index >= 15 is 0 Å². The first-order valence-electron chi connectivity index (χ1n) is 10.1. The van der Waals surface area contributed by atoms with E-state index in [1.54, 1.807) is 0 Å². The molecule has 2 fully saturated rings. The predicted octanol–water partition coefficient (Wildman–Crippen LogP) is -3.69. The highest BCUT2D eigenvalue weighted by Gasteiger charge is 2.47. The van der Waals surface area contributed by atoms with E-state index in [2.05, 4.69) is 13.4 Å². The Bertz CT molecular complexity index is 1120. The molecule has 3 rings (SSSR count). The summed E-state index contributed by atoms with van der Waals surface area (Å²) in [5.74, 6) is 0. The number of phosphoric ester groups is 2. The highest BCUT2D eigenvalue weighted by atomic mass is 31.3. The first kappa shape index (κ1) is 28.3. The molecule has 1 aromatic heterocycles. The van der Waals surface area contributed by atoms with Crippen LogP contribution < -0.4 is 21.0 Å². The van der Waals surface area contributed by atoms with Crippen molar-refractivity contribution in [3.05, 3.63) is 32.6 Å². The van der Waals surface area contributed by atoms with E-state index in [0.717, 1.165) is 4.57 Å². The van der Waals surface area contributed by atoms with Crippen LogP contribution >= 0.6 is 15.6 Å². The minimum absolute atomic E-state index is 0.176. The molecule has 17 nitrogen and oxygen atoms in total. The second-order valence-electron chi connectivity index (χ2n) is 7.98. The summed E-state index contributed by atoms with van der Waals surface area (Å²) in [6, 6.07) is 0. The van der Waals surface area contributed by atoms with E-state index in [4.69, 9.17) is 9.47 Å². The van der Waals surface area contributed by atoms with Crippen LogP contribution in [-0.4, -0.2) is 79.5 Å². The van der Waals surface area contributed by atoms with Gasteiger partial charge in [-0.1, -0.05) is 0 Å². The van der Waals surface area contributed by atoms with Gasteiger partial charge >= 0.3 is 5.69 Å². The number of aliphatic hydroxyl groups excluding tert-OH is 4. The quantitative estimate of drug-likeness (QED) is 0.187. The van der Waals surface area contributed by atoms with E-state index in [9.17, 15) is 48.9 Å². The van der Waals surface area contributed by atoms with E-state index in [1.165, 1.54) is 20.0 Å². The number of hydrogen-bond donors (Lipinski definition) is 5. The summed E-state index contributed by atoms with van der Waals surface area (Å²) >= 11 is 0. The second-order valence-corrected chi connectivity index (χ2v) is 10.9. The molecule has 0 radical (unpaired) electrons. The maximum atomic E-state index is 12.0. The molecule has 10 atom stereocenters. The Morgan fingerprint density at radius 2 is 1.86 bits per heavy atom. The zero-order chi connectivity index (χ0) is 26.3. The van der Waals surface area contributed by atoms with Crippen LogP contribution in [0.25, 0.3) is 0 Å². The molecule has 0 spiro atoms. The summed E-state index contributed by atoms with van der Waals surface area (Å²) in [7, 11) is -11.4. The van der Waals surface area contributed by atoms with Crippen molar-refractivity contribution in [2.75, 3.05) is 6.61 Å². The van der Waals surface area contributed by atoms with Gasteiger partial charge in [-0.2, -0.15) is 0 Å². The Morgan fingerprint density at radius 3 is 2.46 bits per heavy atom. The smallest absolute Gasteiger partial charge is 0.330 e. The fraction of sp³-hybridized carbons (Fsp3) is 0.750. The minimum atomic E-state index is -5.75. The molecule has 35 heavy (non-hydrogen) atoms. The number of ether oxygens (including phenoxy) is 2. The molecule has 200 valence electrons. The lowest BCUT2D eigenvalue weighted by molar-refractivity contribution is -0.259. The fourth-order valence-corrected chi connectivity index (χ4v) is 5.53. The molecule has 2 saturated heterocycles. The van der Waals surface area contributed by atoms with Gasteiger partial charge in [-0.25, -0.2) is 9.11 Å². The average Bonchev–Trinajstić information content (AvgIpc) is 3.22. The number of nitrogens with zero attached hydrogens (tertiary/aromatic N) is 1. The number of rotatable bonds is 9. The van der Waals surface area contributed by atoms with Crippen LogP contribution in [0.2, 0.25) is 0 Å². The van der Waals surface area contributed by atoms with E-state index in [1.807, 2.05) is 4.98 Å². The van der Waals surface area contributed by atoms with Crippen LogP contribution in [0.5, 0.6) is 0 Å². The van der Waals surface area contributed by atoms with Gasteiger partial charge in [-0.3, -0.25) is 28.0 Å². The third-order valence-electron chi connectivity index (χ3n) is 5.22. The van der Waals surface area contributed by atoms with Gasteiger partial charge in [0.05, 0.1) is 18.8 Å². The molecule has 0 saturated carbocycles. The molecule has 3 heterocycles. The lowest BCUT2D eigenvalue weighted by atomic mass is 10.1. The molecule has 0 aliphatic carbocycles. The number of aromatic amines is 1. The highest BCUT2D eigenvalue weighted by molar-refractivity contribution is 7.59. The number of aromatic nitrogens is 2. The van der Waals surface area contributed by atoms with Crippen molar-refractivity contribution in [3.8, 4) is 0 Å². The Kier molecular flexibility index (Phi) is 8.56. The third kappa shape index (κ3) is 6.72. The van der Waals surface area contributed by atoms with Crippen molar-refractivity contribution in [1.29, 1.82) is 0 Å². The van der Waals surface area contributed by atoms with Crippen molar-refractivity contribution in [3.63, 3.8) is 0 Å². The third-order valence-corrected chi connectivity index (χ3v) is 7.75. The Morgan fingerprint density at radius 1 is 1.20 bits per heavy atom. The van der Waals surface area contributed by atoms with Crippen LogP contribution in [0.15, 0.2) is 15.8 Å². The first-order valence-corrected chi connectivity index (χ1v) is 13.0. The zero-order valence-electron chi connectivity index (χ0n) is 18.2. The van der Waals surface area contributed by atoms with Crippen LogP contribution in [0.3, 0.4) is 0 Å². The van der Waals surface area contributed by atoms with Gasteiger partial charge < -0.3 is 44.2 Å². The van der Waals surface area contributed by atoms with Crippen LogP contribution in [0.1, 0.15) is 25.1 Å². The maximum Gasteiger partial charge on any atom is 0.330 e. The van der Waals surface area contributed by atoms with Crippen molar-refractivity contribution in [1.82, 2.24) is 9.55 Å². The average molecular weight is 546 g/mol. The van der Waals surface area contributed by atoms with Gasteiger partial charge in [-0.05, 0) is 13.8 Å². The molecule has 0 bridgehead atoms. The van der Waals surface area contributed by atoms with E-state index in [-0.39, 0.29) is 12.0 Å². The molecular formula is C16H24N2O15P2-2. The number of H-pyrrole nitrogens is 1. The van der Waals surface area contributed by atoms with Crippen molar-refractivity contribution in [2.24, 2.45) is 0 Å². The molecule has 1 aromatic rings. The highest BCUT2D eigenvalue weighted by Crippen LogP contribution is 2.57. The predicted molar refractivity (Wildman–Crippen MR) is 106 cm³/mol. The number of nitrogens with one attached hydrogen (secondary N) is 1. The lowest BCUT2D eigenvalue weighted by Gasteiger charge is -2.33. The molecule has 5 N–H and O–H groups in total. The van der Waals surface area contributed by atoms with Gasteiger partial charge in [0.2, 0.25) is 0 Å². The van der Waals surface area contributed by atoms with Crippen LogP contribution in [0, 0.1) is 6.92 Å². The minimum Gasteiger partial charge on any atom is -0.756 e. The Balaban J connectivity index is 1.58. The summed E-state index contributed by atoms with van der Waals surface area (Å²) in [5.41, 5.74) is -1.28. The van der Waals surface area contributed by atoms with Crippen molar-refractivity contribution in [2.45, 2.75) is 69.4 Å². The molecule has 0 amide bonds. The largest absolute Gasteiger partial charge is 0.756 e. The molecule has 2 aliphatic heterocycles. The molecule has 2 aliphatic rings. The summed E-state index contributed by atoms with van der Waals surface area (Å²) < 4.78 is 47.9. The number of aliphatic hydroxyl groups is 4. The van der Waals surface area contributed by atoms with Crippen LogP contribution in [-0.2, 0) is 32.0 Å². The first-order chi connectivity index (χ1) is 16.1. The summed E-state index contributed by atoms with van der Waals surface area (Å²) in [4.78, 5) is 49.5. The fourth-order valence-electron chi connectivity index (χ4n) is 3.45. The zero-order valence-corrected chi connectivity index (χ0v) is 20.0. The maximum absolute atomic E-state index is 12.0. The van der Waals surface area contributed by atoms with Crippen LogP contribution in [0.4, 0.5) is 0 Å². The Hall–Kier alpha value is -1.30.